The summed E-state index contributed by atoms with van der Waals surface area (Å²) in [6.07, 6.45) is 3.82. The maximum atomic E-state index is 14.0. The number of anilines is 1. The smallest absolute Gasteiger partial charge is 0.240 e. The quantitative estimate of drug-likeness (QED) is 0.414. The largest absolute Gasteiger partial charge is 0.486 e. The summed E-state index contributed by atoms with van der Waals surface area (Å²) in [5, 5.41) is 1.85. The van der Waals surface area contributed by atoms with Gasteiger partial charge in [-0.2, -0.15) is 0 Å². The number of hydrogen-bond donors (Lipinski definition) is 0. The minimum absolute atomic E-state index is 0.133. The van der Waals surface area contributed by atoms with Crippen LogP contribution in [0.2, 0.25) is 0 Å². The van der Waals surface area contributed by atoms with E-state index < -0.39 is 23.9 Å². The first kappa shape index (κ1) is 20.5. The minimum atomic E-state index is -0.786. The number of hydrogen-bond acceptors (Lipinski definition) is 7. The molecule has 174 valence electrons. The molecule has 4 aliphatic rings. The summed E-state index contributed by atoms with van der Waals surface area (Å²) in [7, 11) is 0. The molecule has 0 spiro atoms. The summed E-state index contributed by atoms with van der Waals surface area (Å²) in [6, 6.07) is 15.4. The van der Waals surface area contributed by atoms with E-state index in [0.717, 1.165) is 11.1 Å². The van der Waals surface area contributed by atoms with Crippen LogP contribution in [0, 0.1) is 11.8 Å². The first-order chi connectivity index (χ1) is 17.1. The van der Waals surface area contributed by atoms with Crippen molar-refractivity contribution in [3.63, 3.8) is 0 Å². The van der Waals surface area contributed by atoms with Crippen LogP contribution in [0.3, 0.4) is 0 Å². The van der Waals surface area contributed by atoms with Gasteiger partial charge in [-0.25, -0.2) is 4.90 Å². The Labute approximate surface area is 205 Å². The lowest BCUT2D eigenvalue weighted by Gasteiger charge is -2.35. The summed E-state index contributed by atoms with van der Waals surface area (Å²) in [5.41, 5.74) is 2.39. The molecule has 0 aliphatic carbocycles. The van der Waals surface area contributed by atoms with Crippen LogP contribution in [0.5, 0.6) is 11.5 Å². The third kappa shape index (κ3) is 2.86. The highest BCUT2D eigenvalue weighted by atomic mass is 32.1. The van der Waals surface area contributed by atoms with Gasteiger partial charge in [0.15, 0.2) is 17.3 Å². The van der Waals surface area contributed by atoms with E-state index in [1.807, 2.05) is 52.9 Å². The lowest BCUT2D eigenvalue weighted by atomic mass is 9.84. The predicted octanol–water partition coefficient (Wildman–Crippen LogP) is 3.92. The summed E-state index contributed by atoms with van der Waals surface area (Å²) in [6.45, 7) is 0.857. The summed E-state index contributed by atoms with van der Waals surface area (Å²) in [5.74, 6) is -1.15. The number of nitrogens with zero attached hydrogens (tertiary/aromatic N) is 2. The average Bonchev–Trinajstić information content (AvgIpc) is 3.60. The Morgan fingerprint density at radius 3 is 2.54 bits per heavy atom. The van der Waals surface area contributed by atoms with Crippen LogP contribution in [0.25, 0.3) is 6.08 Å². The molecule has 0 saturated carbocycles. The molecular weight excluding hydrogens is 464 g/mol. The minimum Gasteiger partial charge on any atom is -0.486 e. The second kappa shape index (κ2) is 7.55. The summed E-state index contributed by atoms with van der Waals surface area (Å²) in [4.78, 5) is 45.4. The van der Waals surface area contributed by atoms with Crippen molar-refractivity contribution in [2.75, 3.05) is 18.1 Å². The highest BCUT2D eigenvalue weighted by Crippen LogP contribution is 2.54. The fraction of sp³-hybridized carbons (Fsp3) is 0.222. The topological polar surface area (TPSA) is 76.1 Å². The molecule has 2 amide bonds. The van der Waals surface area contributed by atoms with Gasteiger partial charge in [-0.05, 0) is 40.8 Å². The molecule has 0 bridgehead atoms. The van der Waals surface area contributed by atoms with Gasteiger partial charge >= 0.3 is 0 Å². The Balaban J connectivity index is 1.35. The first-order valence-corrected chi connectivity index (χ1v) is 12.4. The van der Waals surface area contributed by atoms with E-state index in [9.17, 15) is 14.4 Å². The molecule has 7 nitrogen and oxygen atoms in total. The number of benzene rings is 2. The highest BCUT2D eigenvalue weighted by molar-refractivity contribution is 7.12. The van der Waals surface area contributed by atoms with Crippen molar-refractivity contribution in [3.8, 4) is 11.5 Å². The lowest BCUT2D eigenvalue weighted by molar-refractivity contribution is -0.123. The Morgan fingerprint density at radius 1 is 0.914 bits per heavy atom. The number of amides is 2. The van der Waals surface area contributed by atoms with Gasteiger partial charge in [0.25, 0.3) is 0 Å². The van der Waals surface area contributed by atoms with Crippen LogP contribution >= 0.6 is 11.3 Å². The Morgan fingerprint density at radius 2 is 1.71 bits per heavy atom. The van der Waals surface area contributed by atoms with Crippen LogP contribution in [0.1, 0.15) is 26.8 Å². The van der Waals surface area contributed by atoms with Crippen LogP contribution < -0.4 is 14.4 Å². The fourth-order valence-corrected chi connectivity index (χ4v) is 6.55. The molecule has 2 fully saturated rings. The summed E-state index contributed by atoms with van der Waals surface area (Å²) >= 11 is 1.35. The van der Waals surface area contributed by atoms with E-state index in [2.05, 4.69) is 0 Å². The fourth-order valence-electron chi connectivity index (χ4n) is 5.85. The Kier molecular flexibility index (Phi) is 4.41. The number of carbonyl (C=O) groups excluding carboxylic acids is 3. The van der Waals surface area contributed by atoms with Crippen LogP contribution in [0.4, 0.5) is 5.69 Å². The van der Waals surface area contributed by atoms with Crippen molar-refractivity contribution in [1.29, 1.82) is 0 Å². The van der Waals surface area contributed by atoms with Gasteiger partial charge in [0.2, 0.25) is 11.8 Å². The number of ether oxygens (including phenoxy) is 2. The van der Waals surface area contributed by atoms with Gasteiger partial charge in [0.05, 0.1) is 28.4 Å². The number of imide groups is 1. The van der Waals surface area contributed by atoms with Crippen LogP contribution in [0.15, 0.2) is 66.2 Å². The van der Waals surface area contributed by atoms with Crippen molar-refractivity contribution in [3.05, 3.63) is 82.2 Å². The molecule has 0 unspecified atom stereocenters. The standard InChI is InChI=1S/C27H20N2O5S/c30-25(20-6-3-13-35-20)24-22-21(23-17-5-2-1-4-15(17)9-10-28(23)24)26(31)29(27(22)32)16-7-8-18-19(14-16)34-12-11-33-18/h1-10,13-14,21-24H,11-12H2/t21-,22-,23-,24+/m0/s1. The third-order valence-corrected chi connectivity index (χ3v) is 8.16. The van der Waals surface area contributed by atoms with E-state index in [-0.39, 0.29) is 17.6 Å². The van der Waals surface area contributed by atoms with Crippen molar-refractivity contribution in [2.45, 2.75) is 12.1 Å². The monoisotopic (exact) mass is 484 g/mol. The van der Waals surface area contributed by atoms with Gasteiger partial charge < -0.3 is 14.4 Å². The van der Waals surface area contributed by atoms with E-state index in [0.29, 0.717) is 35.3 Å². The average molecular weight is 485 g/mol. The highest BCUT2D eigenvalue weighted by Gasteiger charge is 2.64. The van der Waals surface area contributed by atoms with Crippen molar-refractivity contribution < 1.29 is 23.9 Å². The molecule has 2 saturated heterocycles. The molecule has 4 atom stereocenters. The maximum absolute atomic E-state index is 14.0. The van der Waals surface area contributed by atoms with Gasteiger partial charge in [-0.15, -0.1) is 11.3 Å². The van der Waals surface area contributed by atoms with E-state index in [1.54, 1.807) is 24.3 Å². The SMILES string of the molecule is O=C(c1cccs1)[C@H]1[C@H]2C(=O)N(c3ccc4c(c3)OCCO4)C(=O)[C@@H]2[C@@H]2c3ccccc3C=CN12. The second-order valence-electron chi connectivity index (χ2n) is 9.01. The van der Waals surface area contributed by atoms with E-state index in [4.69, 9.17) is 9.47 Å². The predicted molar refractivity (Wildman–Crippen MR) is 129 cm³/mol. The van der Waals surface area contributed by atoms with Crippen molar-refractivity contribution in [2.24, 2.45) is 11.8 Å². The molecule has 2 aromatic carbocycles. The molecular formula is C27H20N2O5S. The van der Waals surface area contributed by atoms with Gasteiger partial charge in [-0.1, -0.05) is 30.3 Å². The van der Waals surface area contributed by atoms with Crippen molar-refractivity contribution in [1.82, 2.24) is 4.90 Å². The van der Waals surface area contributed by atoms with E-state index >= 15 is 0 Å². The van der Waals surface area contributed by atoms with Crippen molar-refractivity contribution >= 4 is 40.7 Å². The van der Waals surface area contributed by atoms with Gasteiger partial charge in [-0.3, -0.25) is 14.4 Å². The first-order valence-electron chi connectivity index (χ1n) is 11.5. The Hall–Kier alpha value is -3.91. The number of ketones is 1. The maximum Gasteiger partial charge on any atom is 0.240 e. The van der Waals surface area contributed by atoms with Crippen LogP contribution in [-0.4, -0.2) is 41.8 Å². The molecule has 35 heavy (non-hydrogen) atoms. The molecule has 4 aliphatic heterocycles. The summed E-state index contributed by atoms with van der Waals surface area (Å²) < 4.78 is 11.3. The number of carbonyl (C=O) groups is 3. The molecule has 0 N–H and O–H groups in total. The zero-order chi connectivity index (χ0) is 23.7. The molecule has 8 heteroatoms. The number of fused-ring (bicyclic) bond motifs is 6. The lowest BCUT2D eigenvalue weighted by Crippen LogP contribution is -2.44. The number of Topliss-reactive ketones (excluding diaryl/α,β-unsaturated/α-hetero) is 1. The Bertz CT molecular complexity index is 1410. The normalized spacial score (nSPS) is 25.9. The van der Waals surface area contributed by atoms with Crippen LogP contribution in [-0.2, 0) is 9.59 Å². The van der Waals surface area contributed by atoms with Gasteiger partial charge in [0, 0.05) is 12.3 Å². The molecule has 3 aromatic rings. The molecule has 5 heterocycles. The molecule has 0 radical (unpaired) electrons. The number of thiophene rings is 1. The number of rotatable bonds is 3. The second-order valence-corrected chi connectivity index (χ2v) is 9.96. The zero-order valence-corrected chi connectivity index (χ0v) is 19.3. The van der Waals surface area contributed by atoms with E-state index in [1.165, 1.54) is 16.2 Å². The van der Waals surface area contributed by atoms with Gasteiger partial charge in [0.1, 0.15) is 19.3 Å². The molecule has 1 aromatic heterocycles. The third-order valence-electron chi connectivity index (χ3n) is 7.28. The molecule has 7 rings (SSSR count). The zero-order valence-electron chi connectivity index (χ0n) is 18.5.